The van der Waals surface area contributed by atoms with Crippen molar-refractivity contribution in [2.45, 2.75) is 6.04 Å². The maximum atomic E-state index is 6.31. The molecule has 1 aromatic carbocycles. The van der Waals surface area contributed by atoms with E-state index in [1.807, 2.05) is 29.6 Å². The van der Waals surface area contributed by atoms with E-state index in [-0.39, 0.29) is 6.04 Å². The Balaban J connectivity index is 2.48. The molecule has 3 nitrogen and oxygen atoms in total. The summed E-state index contributed by atoms with van der Waals surface area (Å²) in [5.41, 5.74) is 7.22. The Kier molecular flexibility index (Phi) is 4.27. The standard InChI is InChI=1S/C13H14BrNO2S/c1-16-10-5-3-4-8(12(10)17-2)11(15)13-9(14)6-7-18-13/h3-7,11H,15H2,1-2H3. The first-order chi connectivity index (χ1) is 8.69. The zero-order chi connectivity index (χ0) is 13.1. The van der Waals surface area contributed by atoms with Crippen LogP contribution in [-0.2, 0) is 0 Å². The molecule has 0 fully saturated rings. The van der Waals surface area contributed by atoms with E-state index in [9.17, 15) is 0 Å². The van der Waals surface area contributed by atoms with Crippen molar-refractivity contribution < 1.29 is 9.47 Å². The van der Waals surface area contributed by atoms with Crippen molar-refractivity contribution in [1.82, 2.24) is 0 Å². The number of halogens is 1. The number of benzene rings is 1. The lowest BCUT2D eigenvalue weighted by Gasteiger charge is -2.17. The van der Waals surface area contributed by atoms with E-state index >= 15 is 0 Å². The van der Waals surface area contributed by atoms with E-state index in [2.05, 4.69) is 15.9 Å². The molecule has 0 saturated heterocycles. The second-order valence-corrected chi connectivity index (χ2v) is 5.50. The smallest absolute Gasteiger partial charge is 0.165 e. The van der Waals surface area contributed by atoms with Crippen LogP contribution in [0.4, 0.5) is 0 Å². The average Bonchev–Trinajstić information content (AvgIpc) is 2.83. The highest BCUT2D eigenvalue weighted by Gasteiger charge is 2.20. The van der Waals surface area contributed by atoms with Crippen molar-refractivity contribution in [3.63, 3.8) is 0 Å². The van der Waals surface area contributed by atoms with E-state index in [0.717, 1.165) is 14.9 Å². The monoisotopic (exact) mass is 327 g/mol. The van der Waals surface area contributed by atoms with Gasteiger partial charge in [-0.1, -0.05) is 12.1 Å². The molecule has 0 aliphatic heterocycles. The Hall–Kier alpha value is -1.04. The predicted molar refractivity (Wildman–Crippen MR) is 77.6 cm³/mol. The Bertz CT molecular complexity index is 542. The van der Waals surface area contributed by atoms with E-state index in [4.69, 9.17) is 15.2 Å². The summed E-state index contributed by atoms with van der Waals surface area (Å²) in [6.45, 7) is 0. The molecule has 18 heavy (non-hydrogen) atoms. The van der Waals surface area contributed by atoms with E-state index in [1.165, 1.54) is 0 Å². The van der Waals surface area contributed by atoms with Crippen LogP contribution in [0.5, 0.6) is 11.5 Å². The van der Waals surface area contributed by atoms with Gasteiger partial charge in [-0.2, -0.15) is 0 Å². The lowest BCUT2D eigenvalue weighted by atomic mass is 10.0. The Labute approximate surface area is 119 Å². The molecule has 2 aromatic rings. The first kappa shape index (κ1) is 13.4. The molecule has 2 N–H and O–H groups in total. The minimum atomic E-state index is -0.232. The third-order valence-corrected chi connectivity index (χ3v) is 4.65. The summed E-state index contributed by atoms with van der Waals surface area (Å²) in [6, 6.07) is 7.49. The highest BCUT2D eigenvalue weighted by Crippen LogP contribution is 2.39. The second-order valence-electron chi connectivity index (χ2n) is 3.69. The number of methoxy groups -OCH3 is 2. The molecule has 0 aliphatic carbocycles. The van der Waals surface area contributed by atoms with Crippen LogP contribution in [-0.4, -0.2) is 14.2 Å². The van der Waals surface area contributed by atoms with Crippen LogP contribution in [0.25, 0.3) is 0 Å². The number of hydrogen-bond acceptors (Lipinski definition) is 4. The largest absolute Gasteiger partial charge is 0.493 e. The van der Waals surface area contributed by atoms with Crippen LogP contribution in [0.1, 0.15) is 16.5 Å². The molecule has 1 atom stereocenters. The summed E-state index contributed by atoms with van der Waals surface area (Å²) < 4.78 is 11.7. The molecule has 1 aromatic heterocycles. The molecule has 0 radical (unpaired) electrons. The normalized spacial score (nSPS) is 12.2. The summed E-state index contributed by atoms with van der Waals surface area (Å²) in [5.74, 6) is 1.38. The van der Waals surface area contributed by atoms with Gasteiger partial charge in [0, 0.05) is 14.9 Å². The van der Waals surface area contributed by atoms with Crippen LogP contribution in [0.3, 0.4) is 0 Å². The van der Waals surface area contributed by atoms with Crippen molar-refractivity contribution in [3.8, 4) is 11.5 Å². The van der Waals surface area contributed by atoms with Gasteiger partial charge in [0.1, 0.15) is 0 Å². The summed E-state index contributed by atoms with van der Waals surface area (Å²) in [4.78, 5) is 1.07. The molecule has 0 spiro atoms. The van der Waals surface area contributed by atoms with Crippen LogP contribution >= 0.6 is 27.3 Å². The molecule has 5 heteroatoms. The van der Waals surface area contributed by atoms with E-state index < -0.39 is 0 Å². The summed E-state index contributed by atoms with van der Waals surface area (Å²) in [6.07, 6.45) is 0. The Morgan fingerprint density at radius 1 is 1.22 bits per heavy atom. The van der Waals surface area contributed by atoms with Crippen molar-refractivity contribution in [1.29, 1.82) is 0 Å². The number of rotatable bonds is 4. The minimum Gasteiger partial charge on any atom is -0.493 e. The maximum Gasteiger partial charge on any atom is 0.165 e. The predicted octanol–water partition coefficient (Wildman–Crippen LogP) is 3.58. The van der Waals surface area contributed by atoms with Crippen molar-refractivity contribution in [2.24, 2.45) is 5.73 Å². The van der Waals surface area contributed by atoms with Crippen molar-refractivity contribution in [2.75, 3.05) is 14.2 Å². The fourth-order valence-corrected chi connectivity index (χ4v) is 3.46. The third kappa shape index (κ3) is 2.39. The molecule has 1 heterocycles. The summed E-state index contributed by atoms with van der Waals surface area (Å²) in [7, 11) is 3.24. The molecule has 0 saturated carbocycles. The number of para-hydroxylation sites is 1. The van der Waals surface area contributed by atoms with Gasteiger partial charge < -0.3 is 15.2 Å². The average molecular weight is 328 g/mol. The van der Waals surface area contributed by atoms with Crippen molar-refractivity contribution in [3.05, 3.63) is 44.6 Å². The first-order valence-electron chi connectivity index (χ1n) is 5.38. The van der Waals surface area contributed by atoms with Gasteiger partial charge in [0.05, 0.1) is 20.3 Å². The molecule has 2 rings (SSSR count). The first-order valence-corrected chi connectivity index (χ1v) is 7.05. The van der Waals surface area contributed by atoms with Crippen LogP contribution in [0, 0.1) is 0 Å². The SMILES string of the molecule is COc1cccc(C(N)c2sccc2Br)c1OC. The van der Waals surface area contributed by atoms with Gasteiger partial charge in [0.15, 0.2) is 11.5 Å². The fourth-order valence-electron chi connectivity index (χ4n) is 1.83. The lowest BCUT2D eigenvalue weighted by molar-refractivity contribution is 0.350. The van der Waals surface area contributed by atoms with Gasteiger partial charge >= 0.3 is 0 Å². The second kappa shape index (κ2) is 5.73. The van der Waals surface area contributed by atoms with Crippen LogP contribution in [0.2, 0.25) is 0 Å². The molecule has 96 valence electrons. The van der Waals surface area contributed by atoms with Crippen LogP contribution < -0.4 is 15.2 Å². The fraction of sp³-hybridized carbons (Fsp3) is 0.231. The lowest BCUT2D eigenvalue weighted by Crippen LogP contribution is -2.12. The molecule has 0 bridgehead atoms. The number of thiophene rings is 1. The number of hydrogen-bond donors (Lipinski definition) is 1. The quantitative estimate of drug-likeness (QED) is 0.933. The topological polar surface area (TPSA) is 44.5 Å². The van der Waals surface area contributed by atoms with Gasteiger partial charge in [-0.05, 0) is 33.4 Å². The van der Waals surface area contributed by atoms with Gasteiger partial charge in [-0.25, -0.2) is 0 Å². The molecule has 0 aliphatic rings. The Morgan fingerprint density at radius 2 is 2.00 bits per heavy atom. The van der Waals surface area contributed by atoms with E-state index in [1.54, 1.807) is 25.6 Å². The van der Waals surface area contributed by atoms with E-state index in [0.29, 0.717) is 11.5 Å². The van der Waals surface area contributed by atoms with Gasteiger partial charge in [0.25, 0.3) is 0 Å². The summed E-state index contributed by atoms with van der Waals surface area (Å²) >= 11 is 5.12. The van der Waals surface area contributed by atoms with Crippen LogP contribution in [0.15, 0.2) is 34.1 Å². The minimum absolute atomic E-state index is 0.232. The Morgan fingerprint density at radius 3 is 2.56 bits per heavy atom. The summed E-state index contributed by atoms with van der Waals surface area (Å²) in [5, 5.41) is 2.01. The third-order valence-electron chi connectivity index (χ3n) is 2.70. The number of ether oxygens (including phenoxy) is 2. The molecule has 1 unspecified atom stereocenters. The highest BCUT2D eigenvalue weighted by molar-refractivity contribution is 9.10. The molecular formula is C13H14BrNO2S. The zero-order valence-electron chi connectivity index (χ0n) is 10.1. The molecular weight excluding hydrogens is 314 g/mol. The molecule has 0 amide bonds. The maximum absolute atomic E-state index is 6.31. The van der Waals surface area contributed by atoms with Gasteiger partial charge in [-0.15, -0.1) is 11.3 Å². The van der Waals surface area contributed by atoms with Gasteiger partial charge in [-0.3, -0.25) is 0 Å². The highest BCUT2D eigenvalue weighted by atomic mass is 79.9. The van der Waals surface area contributed by atoms with Crippen molar-refractivity contribution >= 4 is 27.3 Å². The zero-order valence-corrected chi connectivity index (χ0v) is 12.5. The van der Waals surface area contributed by atoms with Gasteiger partial charge in [0.2, 0.25) is 0 Å². The number of nitrogens with two attached hydrogens (primary N) is 1.